The number of hydrogen-bond donors (Lipinski definition) is 1. The van der Waals surface area contributed by atoms with Gasteiger partial charge >= 0.3 is 0 Å². The number of rotatable bonds is 3. The van der Waals surface area contributed by atoms with Crippen molar-refractivity contribution >= 4 is 22.4 Å². The van der Waals surface area contributed by atoms with E-state index in [1.54, 1.807) is 7.05 Å². The SMILES string of the molecule is CC1CCCN(S(=O)(=O)c2ccnn2C)C1CN.Cl. The first-order chi connectivity index (χ1) is 8.48. The van der Waals surface area contributed by atoms with Crippen LogP contribution in [0.15, 0.2) is 17.3 Å². The number of aromatic nitrogens is 2. The summed E-state index contributed by atoms with van der Waals surface area (Å²) in [5.74, 6) is 0.298. The second kappa shape index (κ2) is 6.21. The summed E-state index contributed by atoms with van der Waals surface area (Å²) in [5.41, 5.74) is 5.74. The predicted molar refractivity (Wildman–Crippen MR) is 75.6 cm³/mol. The van der Waals surface area contributed by atoms with Crippen LogP contribution in [0.5, 0.6) is 0 Å². The van der Waals surface area contributed by atoms with Crippen LogP contribution in [0.25, 0.3) is 0 Å². The minimum atomic E-state index is -3.49. The molecule has 0 amide bonds. The third-order valence-corrected chi connectivity index (χ3v) is 5.65. The van der Waals surface area contributed by atoms with E-state index in [-0.39, 0.29) is 23.5 Å². The van der Waals surface area contributed by atoms with Crippen LogP contribution in [-0.2, 0) is 17.1 Å². The molecule has 0 aromatic carbocycles. The van der Waals surface area contributed by atoms with Crippen molar-refractivity contribution in [2.75, 3.05) is 13.1 Å². The van der Waals surface area contributed by atoms with Crippen LogP contribution >= 0.6 is 12.4 Å². The Morgan fingerprint density at radius 2 is 2.21 bits per heavy atom. The second-order valence-electron chi connectivity index (χ2n) is 4.83. The van der Waals surface area contributed by atoms with Crippen LogP contribution in [0.1, 0.15) is 19.8 Å². The summed E-state index contributed by atoms with van der Waals surface area (Å²) in [6, 6.07) is 1.42. The Kier molecular flexibility index (Phi) is 5.37. The van der Waals surface area contributed by atoms with Crippen molar-refractivity contribution in [2.24, 2.45) is 18.7 Å². The standard InChI is InChI=1S/C11H20N4O2S.ClH/c1-9-4-3-7-15(10(9)8-12)18(16,17)11-5-6-13-14(11)2;/h5-6,9-10H,3-4,7-8,12H2,1-2H3;1H. The van der Waals surface area contributed by atoms with Gasteiger partial charge in [0.1, 0.15) is 0 Å². The van der Waals surface area contributed by atoms with Gasteiger partial charge in [-0.1, -0.05) is 6.92 Å². The van der Waals surface area contributed by atoms with Crippen LogP contribution in [0.3, 0.4) is 0 Å². The van der Waals surface area contributed by atoms with Gasteiger partial charge in [0.05, 0.1) is 6.20 Å². The molecule has 6 nitrogen and oxygen atoms in total. The highest BCUT2D eigenvalue weighted by Gasteiger charge is 2.37. The van der Waals surface area contributed by atoms with Crippen molar-refractivity contribution in [3.05, 3.63) is 12.3 Å². The van der Waals surface area contributed by atoms with E-state index in [0.29, 0.717) is 19.0 Å². The van der Waals surface area contributed by atoms with Gasteiger partial charge in [-0.3, -0.25) is 4.68 Å². The minimum Gasteiger partial charge on any atom is -0.329 e. The highest BCUT2D eigenvalue weighted by molar-refractivity contribution is 7.89. The van der Waals surface area contributed by atoms with Gasteiger partial charge in [-0.15, -0.1) is 12.4 Å². The van der Waals surface area contributed by atoms with E-state index in [2.05, 4.69) is 12.0 Å². The maximum Gasteiger partial charge on any atom is 0.260 e. The average Bonchev–Trinajstić information content (AvgIpc) is 2.75. The van der Waals surface area contributed by atoms with Crippen LogP contribution in [-0.4, -0.2) is 41.6 Å². The van der Waals surface area contributed by atoms with E-state index in [0.717, 1.165) is 12.8 Å². The van der Waals surface area contributed by atoms with E-state index < -0.39 is 10.0 Å². The predicted octanol–water partition coefficient (Wildman–Crippen LogP) is 0.590. The lowest BCUT2D eigenvalue weighted by molar-refractivity contribution is 0.191. The molecule has 2 N–H and O–H groups in total. The zero-order valence-electron chi connectivity index (χ0n) is 11.2. The minimum absolute atomic E-state index is 0. The Morgan fingerprint density at radius 1 is 1.53 bits per heavy atom. The highest BCUT2D eigenvalue weighted by atomic mass is 35.5. The summed E-state index contributed by atoms with van der Waals surface area (Å²) >= 11 is 0. The summed E-state index contributed by atoms with van der Waals surface area (Å²) in [6.07, 6.45) is 3.41. The molecule has 1 aromatic heterocycles. The summed E-state index contributed by atoms with van der Waals surface area (Å²) in [4.78, 5) is 0. The maximum atomic E-state index is 12.6. The van der Waals surface area contributed by atoms with E-state index in [1.165, 1.54) is 21.3 Å². The monoisotopic (exact) mass is 308 g/mol. The fourth-order valence-corrected chi connectivity index (χ4v) is 4.47. The quantitative estimate of drug-likeness (QED) is 0.886. The molecule has 2 unspecified atom stereocenters. The van der Waals surface area contributed by atoms with Crippen LogP contribution in [0.4, 0.5) is 0 Å². The molecule has 0 aliphatic carbocycles. The van der Waals surface area contributed by atoms with Gasteiger partial charge in [0.15, 0.2) is 5.03 Å². The Morgan fingerprint density at radius 3 is 2.74 bits per heavy atom. The molecule has 1 fully saturated rings. The molecule has 2 heterocycles. The molecule has 0 saturated carbocycles. The molecule has 8 heteroatoms. The Balaban J connectivity index is 0.00000180. The molecule has 0 spiro atoms. The van der Waals surface area contributed by atoms with Gasteiger partial charge in [-0.2, -0.15) is 9.40 Å². The number of halogens is 1. The van der Waals surface area contributed by atoms with Crippen molar-refractivity contribution in [3.8, 4) is 0 Å². The molecular formula is C11H21ClN4O2S. The van der Waals surface area contributed by atoms with Crippen molar-refractivity contribution < 1.29 is 8.42 Å². The van der Waals surface area contributed by atoms with Crippen LogP contribution in [0, 0.1) is 5.92 Å². The largest absolute Gasteiger partial charge is 0.329 e. The number of aryl methyl sites for hydroxylation is 1. The maximum absolute atomic E-state index is 12.6. The Hall–Kier alpha value is -0.630. The van der Waals surface area contributed by atoms with Gasteiger partial charge in [0.25, 0.3) is 10.0 Å². The lowest BCUT2D eigenvalue weighted by Gasteiger charge is -2.38. The first-order valence-electron chi connectivity index (χ1n) is 6.18. The highest BCUT2D eigenvalue weighted by Crippen LogP contribution is 2.28. The van der Waals surface area contributed by atoms with E-state index >= 15 is 0 Å². The molecule has 1 saturated heterocycles. The van der Waals surface area contributed by atoms with Crippen LogP contribution in [0.2, 0.25) is 0 Å². The van der Waals surface area contributed by atoms with Gasteiger partial charge < -0.3 is 5.73 Å². The topological polar surface area (TPSA) is 81.2 Å². The Bertz CT molecular complexity index is 517. The van der Waals surface area contributed by atoms with Crippen molar-refractivity contribution in [3.63, 3.8) is 0 Å². The Labute approximate surface area is 120 Å². The number of nitrogens with two attached hydrogens (primary N) is 1. The zero-order chi connectivity index (χ0) is 13.3. The van der Waals surface area contributed by atoms with E-state index in [4.69, 9.17) is 5.73 Å². The normalized spacial score (nSPS) is 25.0. The second-order valence-corrected chi connectivity index (χ2v) is 6.67. The zero-order valence-corrected chi connectivity index (χ0v) is 12.8. The van der Waals surface area contributed by atoms with Crippen molar-refractivity contribution in [1.29, 1.82) is 0 Å². The average molecular weight is 309 g/mol. The van der Waals surface area contributed by atoms with Crippen LogP contribution < -0.4 is 5.73 Å². The molecule has 2 rings (SSSR count). The third kappa shape index (κ3) is 2.94. The number of sulfonamides is 1. The van der Waals surface area contributed by atoms with Crippen molar-refractivity contribution in [1.82, 2.24) is 14.1 Å². The number of piperidine rings is 1. The first-order valence-corrected chi connectivity index (χ1v) is 7.62. The molecule has 0 bridgehead atoms. The molecular weight excluding hydrogens is 288 g/mol. The fourth-order valence-electron chi connectivity index (χ4n) is 2.59. The molecule has 1 aromatic rings. The first kappa shape index (κ1) is 16.4. The third-order valence-electron chi connectivity index (χ3n) is 3.66. The summed E-state index contributed by atoms with van der Waals surface area (Å²) in [5, 5.41) is 4.16. The van der Waals surface area contributed by atoms with Gasteiger partial charge in [0, 0.05) is 26.2 Å². The molecule has 1 aliphatic rings. The number of hydrogen-bond acceptors (Lipinski definition) is 4. The summed E-state index contributed by atoms with van der Waals surface area (Å²) in [7, 11) is -1.85. The van der Waals surface area contributed by atoms with E-state index in [1.807, 2.05) is 0 Å². The molecule has 110 valence electrons. The van der Waals surface area contributed by atoms with Gasteiger partial charge in [0.2, 0.25) is 0 Å². The van der Waals surface area contributed by atoms with Gasteiger partial charge in [-0.25, -0.2) is 8.42 Å². The lowest BCUT2D eigenvalue weighted by Crippen LogP contribution is -2.51. The molecule has 1 aliphatic heterocycles. The molecule has 19 heavy (non-hydrogen) atoms. The smallest absolute Gasteiger partial charge is 0.260 e. The number of nitrogens with zero attached hydrogens (tertiary/aromatic N) is 3. The van der Waals surface area contributed by atoms with Gasteiger partial charge in [-0.05, 0) is 24.8 Å². The summed E-state index contributed by atoms with van der Waals surface area (Å²) in [6.45, 7) is 2.96. The fraction of sp³-hybridized carbons (Fsp3) is 0.727. The summed E-state index contributed by atoms with van der Waals surface area (Å²) < 4.78 is 28.1. The molecule has 0 radical (unpaired) electrons. The molecule has 2 atom stereocenters. The van der Waals surface area contributed by atoms with E-state index in [9.17, 15) is 8.42 Å². The lowest BCUT2D eigenvalue weighted by atomic mass is 9.93. The van der Waals surface area contributed by atoms with Crippen molar-refractivity contribution in [2.45, 2.75) is 30.8 Å².